The molecule has 0 saturated heterocycles. The van der Waals surface area contributed by atoms with Crippen LogP contribution in [0.1, 0.15) is 35.8 Å². The van der Waals surface area contributed by atoms with Gasteiger partial charge in [0.05, 0.1) is 6.10 Å². The number of hydrogen-bond acceptors (Lipinski definition) is 2. The average molecular weight is 331 g/mol. The molecule has 0 aliphatic carbocycles. The van der Waals surface area contributed by atoms with E-state index in [0.717, 1.165) is 12.1 Å². The van der Waals surface area contributed by atoms with Crippen LogP contribution in [0, 0.1) is 5.92 Å². The van der Waals surface area contributed by atoms with Crippen LogP contribution in [-0.2, 0) is 6.54 Å². The maximum Gasteiger partial charge on any atom is 0.0833 e. The minimum atomic E-state index is -0.519. The molecule has 0 bridgehead atoms. The summed E-state index contributed by atoms with van der Waals surface area (Å²) in [6.07, 6.45) is -0.519. The van der Waals surface area contributed by atoms with Crippen molar-refractivity contribution in [2.24, 2.45) is 5.92 Å². The number of aliphatic hydroxyl groups excluding tert-OH is 1. The Morgan fingerprint density at radius 3 is 1.76 bits per heavy atom. The Kier molecular flexibility index (Phi) is 5.99. The standard InChI is InChI=1S/C23H25NO/c1-18(23(25)21-15-9-4-10-16-21)22(20-13-7-3-8-14-20)24-17-19-11-5-2-6-12-19/h2-16,18,22-25H,17H2,1H3/t18-,22+,23-/m0/s1. The van der Waals surface area contributed by atoms with Gasteiger partial charge in [-0.3, -0.25) is 0 Å². The zero-order chi connectivity index (χ0) is 17.5. The lowest BCUT2D eigenvalue weighted by Gasteiger charge is -2.30. The molecule has 0 amide bonds. The van der Waals surface area contributed by atoms with Crippen LogP contribution in [0.3, 0.4) is 0 Å². The molecule has 2 N–H and O–H groups in total. The van der Waals surface area contributed by atoms with Crippen molar-refractivity contribution in [3.05, 3.63) is 108 Å². The van der Waals surface area contributed by atoms with Crippen LogP contribution in [0.15, 0.2) is 91.0 Å². The van der Waals surface area contributed by atoms with Crippen LogP contribution < -0.4 is 5.32 Å². The van der Waals surface area contributed by atoms with E-state index >= 15 is 0 Å². The molecule has 0 aliphatic rings. The van der Waals surface area contributed by atoms with Crippen LogP contribution in [0.4, 0.5) is 0 Å². The summed E-state index contributed by atoms with van der Waals surface area (Å²) in [6, 6.07) is 30.7. The Bertz CT molecular complexity index is 743. The zero-order valence-electron chi connectivity index (χ0n) is 14.5. The first-order valence-electron chi connectivity index (χ1n) is 8.81. The molecule has 0 aromatic heterocycles. The van der Waals surface area contributed by atoms with E-state index in [1.165, 1.54) is 11.1 Å². The van der Waals surface area contributed by atoms with E-state index in [2.05, 4.69) is 48.6 Å². The van der Waals surface area contributed by atoms with Crippen molar-refractivity contribution in [1.29, 1.82) is 0 Å². The third-order valence-electron chi connectivity index (χ3n) is 4.69. The van der Waals surface area contributed by atoms with Gasteiger partial charge in [0.15, 0.2) is 0 Å². The summed E-state index contributed by atoms with van der Waals surface area (Å²) >= 11 is 0. The Hall–Kier alpha value is -2.42. The van der Waals surface area contributed by atoms with Crippen LogP contribution in [0.25, 0.3) is 0 Å². The third kappa shape index (κ3) is 4.56. The molecule has 0 heterocycles. The van der Waals surface area contributed by atoms with Gasteiger partial charge in [0.1, 0.15) is 0 Å². The fourth-order valence-electron chi connectivity index (χ4n) is 3.23. The first kappa shape index (κ1) is 17.4. The lowest BCUT2D eigenvalue weighted by Crippen LogP contribution is -2.30. The number of aliphatic hydroxyl groups is 1. The van der Waals surface area contributed by atoms with Gasteiger partial charge in [-0.2, -0.15) is 0 Å². The molecular formula is C23H25NO. The molecule has 2 heteroatoms. The average Bonchev–Trinajstić information content (AvgIpc) is 2.69. The van der Waals surface area contributed by atoms with E-state index in [9.17, 15) is 5.11 Å². The van der Waals surface area contributed by atoms with E-state index in [1.54, 1.807) is 0 Å². The molecule has 0 unspecified atom stereocenters. The SMILES string of the molecule is C[C@H]([C@H](O)c1ccccc1)[C@@H](NCc1ccccc1)c1ccccc1. The molecule has 0 spiro atoms. The molecule has 25 heavy (non-hydrogen) atoms. The molecule has 0 aliphatic heterocycles. The number of rotatable bonds is 7. The predicted octanol–water partition coefficient (Wildman–Crippen LogP) is 4.89. The molecule has 3 rings (SSSR count). The summed E-state index contributed by atoms with van der Waals surface area (Å²) < 4.78 is 0. The van der Waals surface area contributed by atoms with Gasteiger partial charge in [-0.05, 0) is 16.7 Å². The summed E-state index contributed by atoms with van der Waals surface area (Å²) in [5.74, 6) is 0.0357. The molecule has 3 aromatic carbocycles. The molecule has 2 nitrogen and oxygen atoms in total. The first-order chi connectivity index (χ1) is 12.3. The van der Waals surface area contributed by atoms with Gasteiger partial charge in [0.25, 0.3) is 0 Å². The molecule has 0 radical (unpaired) electrons. The second-order valence-electron chi connectivity index (χ2n) is 6.47. The Balaban J connectivity index is 1.80. The van der Waals surface area contributed by atoms with Crippen molar-refractivity contribution in [2.75, 3.05) is 0 Å². The molecular weight excluding hydrogens is 306 g/mol. The second kappa shape index (κ2) is 8.61. The minimum Gasteiger partial charge on any atom is -0.388 e. The van der Waals surface area contributed by atoms with E-state index in [-0.39, 0.29) is 12.0 Å². The minimum absolute atomic E-state index is 0.0357. The highest BCUT2D eigenvalue weighted by Gasteiger charge is 2.26. The largest absolute Gasteiger partial charge is 0.388 e. The molecule has 0 saturated carbocycles. The van der Waals surface area contributed by atoms with Crippen LogP contribution in [0.5, 0.6) is 0 Å². The summed E-state index contributed by atoms with van der Waals surface area (Å²) in [7, 11) is 0. The highest BCUT2D eigenvalue weighted by Crippen LogP contribution is 2.32. The lowest BCUT2D eigenvalue weighted by molar-refractivity contribution is 0.0931. The number of benzene rings is 3. The maximum absolute atomic E-state index is 10.9. The Labute approximate surface area is 150 Å². The van der Waals surface area contributed by atoms with E-state index in [0.29, 0.717) is 0 Å². The smallest absolute Gasteiger partial charge is 0.0833 e. The molecule has 3 aromatic rings. The van der Waals surface area contributed by atoms with E-state index < -0.39 is 6.10 Å². The highest BCUT2D eigenvalue weighted by molar-refractivity contribution is 5.24. The van der Waals surface area contributed by atoms with E-state index in [4.69, 9.17) is 0 Å². The summed E-state index contributed by atoms with van der Waals surface area (Å²) in [4.78, 5) is 0. The summed E-state index contributed by atoms with van der Waals surface area (Å²) in [6.45, 7) is 2.87. The molecule has 3 atom stereocenters. The van der Waals surface area contributed by atoms with Crippen LogP contribution in [-0.4, -0.2) is 5.11 Å². The van der Waals surface area contributed by atoms with Gasteiger partial charge in [0, 0.05) is 18.5 Å². The van der Waals surface area contributed by atoms with Gasteiger partial charge < -0.3 is 10.4 Å². The van der Waals surface area contributed by atoms with Crippen molar-refractivity contribution in [1.82, 2.24) is 5.32 Å². The highest BCUT2D eigenvalue weighted by atomic mass is 16.3. The lowest BCUT2D eigenvalue weighted by atomic mass is 9.86. The van der Waals surface area contributed by atoms with Gasteiger partial charge in [0.2, 0.25) is 0 Å². The van der Waals surface area contributed by atoms with Gasteiger partial charge in [-0.25, -0.2) is 0 Å². The summed E-state index contributed by atoms with van der Waals surface area (Å²) in [5.41, 5.74) is 3.39. The molecule has 128 valence electrons. The van der Waals surface area contributed by atoms with Crippen molar-refractivity contribution in [3.8, 4) is 0 Å². The predicted molar refractivity (Wildman–Crippen MR) is 103 cm³/mol. The van der Waals surface area contributed by atoms with Crippen molar-refractivity contribution in [2.45, 2.75) is 25.6 Å². The summed E-state index contributed by atoms with van der Waals surface area (Å²) in [5, 5.41) is 14.5. The Morgan fingerprint density at radius 2 is 1.20 bits per heavy atom. The normalized spacial score (nSPS) is 14.6. The van der Waals surface area contributed by atoms with Gasteiger partial charge in [-0.1, -0.05) is 97.9 Å². The zero-order valence-corrected chi connectivity index (χ0v) is 14.5. The first-order valence-corrected chi connectivity index (χ1v) is 8.81. The van der Waals surface area contributed by atoms with E-state index in [1.807, 2.05) is 54.6 Å². The maximum atomic E-state index is 10.9. The quantitative estimate of drug-likeness (QED) is 0.646. The number of nitrogens with one attached hydrogen (secondary N) is 1. The number of hydrogen-bond donors (Lipinski definition) is 2. The van der Waals surface area contributed by atoms with Crippen LogP contribution >= 0.6 is 0 Å². The monoisotopic (exact) mass is 331 g/mol. The van der Waals surface area contributed by atoms with Gasteiger partial charge in [-0.15, -0.1) is 0 Å². The van der Waals surface area contributed by atoms with Crippen LogP contribution in [0.2, 0.25) is 0 Å². The molecule has 0 fully saturated rings. The van der Waals surface area contributed by atoms with Crippen molar-refractivity contribution >= 4 is 0 Å². The fourth-order valence-corrected chi connectivity index (χ4v) is 3.23. The fraction of sp³-hybridized carbons (Fsp3) is 0.217. The van der Waals surface area contributed by atoms with Gasteiger partial charge >= 0.3 is 0 Å². The topological polar surface area (TPSA) is 32.3 Å². The second-order valence-corrected chi connectivity index (χ2v) is 6.47. The Morgan fingerprint density at radius 1 is 0.720 bits per heavy atom. The van der Waals surface area contributed by atoms with Crippen molar-refractivity contribution in [3.63, 3.8) is 0 Å². The van der Waals surface area contributed by atoms with Crippen molar-refractivity contribution < 1.29 is 5.11 Å². The third-order valence-corrected chi connectivity index (χ3v) is 4.69.